The smallest absolute Gasteiger partial charge is 0.217 e. The van der Waals surface area contributed by atoms with Gasteiger partial charge in [-0.25, -0.2) is 8.42 Å². The summed E-state index contributed by atoms with van der Waals surface area (Å²) in [7, 11) is -3.71. The van der Waals surface area contributed by atoms with Gasteiger partial charge >= 0.3 is 0 Å². The van der Waals surface area contributed by atoms with Crippen molar-refractivity contribution >= 4 is 9.84 Å². The number of hydrogen-bond donors (Lipinski definition) is 0. The molecule has 0 bridgehead atoms. The summed E-state index contributed by atoms with van der Waals surface area (Å²) in [6.07, 6.45) is 0. The lowest BCUT2D eigenvalue weighted by Crippen LogP contribution is -2.08. The van der Waals surface area contributed by atoms with E-state index >= 15 is 0 Å². The van der Waals surface area contributed by atoms with Crippen LogP contribution in [0.3, 0.4) is 0 Å². The molecule has 6 heteroatoms. The second kappa shape index (κ2) is 3.79. The van der Waals surface area contributed by atoms with Crippen LogP contribution in [0.2, 0.25) is 0 Å². The van der Waals surface area contributed by atoms with Gasteiger partial charge in [-0.15, -0.1) is 5.10 Å². The Kier molecular flexibility index (Phi) is 2.86. The molecule has 1 heterocycles. The molecule has 0 radical (unpaired) electrons. The number of aryl methyl sites for hydroxylation is 1. The van der Waals surface area contributed by atoms with Crippen molar-refractivity contribution < 1.29 is 8.42 Å². The van der Waals surface area contributed by atoms with E-state index in [-0.39, 0.29) is 10.6 Å². The van der Waals surface area contributed by atoms with Gasteiger partial charge in [0.25, 0.3) is 0 Å². The second-order valence-electron chi connectivity index (χ2n) is 2.91. The standard InChI is InChI=1S/C9H9N3O2S/c1-4-15(13,14)9-8(5-10)6(2)7(3)11-12-9/h4H,1H2,2-3H3. The summed E-state index contributed by atoms with van der Waals surface area (Å²) in [6, 6.07) is 1.82. The van der Waals surface area contributed by atoms with Crippen LogP contribution < -0.4 is 0 Å². The van der Waals surface area contributed by atoms with Gasteiger partial charge in [-0.3, -0.25) is 0 Å². The number of sulfone groups is 1. The van der Waals surface area contributed by atoms with Gasteiger partial charge < -0.3 is 0 Å². The summed E-state index contributed by atoms with van der Waals surface area (Å²) in [6.45, 7) is 6.46. The van der Waals surface area contributed by atoms with Crippen LogP contribution in [0.25, 0.3) is 0 Å². The molecule has 5 nitrogen and oxygen atoms in total. The van der Waals surface area contributed by atoms with Crippen molar-refractivity contribution in [3.63, 3.8) is 0 Å². The Labute approximate surface area is 88.0 Å². The molecular formula is C9H9N3O2S. The SMILES string of the molecule is C=CS(=O)(=O)c1nnc(C)c(C)c1C#N. The fourth-order valence-corrected chi connectivity index (χ4v) is 1.79. The lowest BCUT2D eigenvalue weighted by atomic mass is 10.1. The number of nitrogens with zero attached hydrogens (tertiary/aromatic N) is 3. The third-order valence-corrected chi connectivity index (χ3v) is 3.29. The fourth-order valence-electron chi connectivity index (χ4n) is 0.996. The summed E-state index contributed by atoms with van der Waals surface area (Å²) in [5.74, 6) is 0. The van der Waals surface area contributed by atoms with E-state index in [1.54, 1.807) is 13.8 Å². The molecule has 78 valence electrons. The average Bonchev–Trinajstić information content (AvgIpc) is 2.21. The molecular weight excluding hydrogens is 214 g/mol. The number of hydrogen-bond acceptors (Lipinski definition) is 5. The number of aromatic nitrogens is 2. The van der Waals surface area contributed by atoms with E-state index in [1.165, 1.54) is 0 Å². The lowest BCUT2D eigenvalue weighted by molar-refractivity contribution is 0.597. The Bertz CT molecular complexity index is 555. The molecule has 1 aromatic rings. The van der Waals surface area contributed by atoms with Gasteiger partial charge in [0, 0.05) is 5.41 Å². The summed E-state index contributed by atoms with van der Waals surface area (Å²) in [4.78, 5) is 0. The Morgan fingerprint density at radius 1 is 1.40 bits per heavy atom. The highest BCUT2D eigenvalue weighted by Crippen LogP contribution is 2.18. The first-order chi connectivity index (χ1) is 6.94. The molecule has 0 atom stereocenters. The van der Waals surface area contributed by atoms with Crippen molar-refractivity contribution in [1.29, 1.82) is 5.26 Å². The minimum atomic E-state index is -3.71. The third kappa shape index (κ3) is 1.87. The fraction of sp³-hybridized carbons (Fsp3) is 0.222. The Morgan fingerprint density at radius 3 is 2.47 bits per heavy atom. The van der Waals surface area contributed by atoms with Crippen LogP contribution in [0.15, 0.2) is 17.0 Å². The van der Waals surface area contributed by atoms with Crippen molar-refractivity contribution in [3.05, 3.63) is 28.8 Å². The summed E-state index contributed by atoms with van der Waals surface area (Å²) in [5, 5.41) is 16.5. The number of nitriles is 1. The maximum Gasteiger partial charge on any atom is 0.219 e. The molecule has 0 amide bonds. The molecule has 0 N–H and O–H groups in total. The van der Waals surface area contributed by atoms with Gasteiger partial charge in [-0.1, -0.05) is 6.58 Å². The molecule has 1 rings (SSSR count). The highest BCUT2D eigenvalue weighted by molar-refractivity contribution is 7.94. The van der Waals surface area contributed by atoms with Gasteiger partial charge in [0.1, 0.15) is 6.07 Å². The van der Waals surface area contributed by atoms with Crippen LogP contribution in [0.5, 0.6) is 0 Å². The highest BCUT2D eigenvalue weighted by Gasteiger charge is 2.20. The molecule has 0 aliphatic rings. The minimum Gasteiger partial charge on any atom is -0.217 e. The average molecular weight is 223 g/mol. The quantitative estimate of drug-likeness (QED) is 0.743. The normalized spacial score (nSPS) is 10.7. The van der Waals surface area contributed by atoms with Gasteiger partial charge in [-0.05, 0) is 19.4 Å². The monoisotopic (exact) mass is 223 g/mol. The van der Waals surface area contributed by atoms with Gasteiger partial charge in [0.2, 0.25) is 9.84 Å². The van der Waals surface area contributed by atoms with E-state index in [0.29, 0.717) is 11.3 Å². The largest absolute Gasteiger partial charge is 0.219 e. The van der Waals surface area contributed by atoms with Crippen LogP contribution in [0, 0.1) is 25.2 Å². The number of rotatable bonds is 2. The molecule has 0 aromatic carbocycles. The maximum atomic E-state index is 11.5. The van der Waals surface area contributed by atoms with Crippen molar-refractivity contribution in [2.75, 3.05) is 0 Å². The first-order valence-corrected chi connectivity index (χ1v) is 5.60. The van der Waals surface area contributed by atoms with E-state index in [0.717, 1.165) is 5.41 Å². The van der Waals surface area contributed by atoms with Crippen LogP contribution in [0.1, 0.15) is 16.8 Å². The van der Waals surface area contributed by atoms with Crippen molar-refractivity contribution in [2.24, 2.45) is 0 Å². The zero-order valence-electron chi connectivity index (χ0n) is 8.35. The highest BCUT2D eigenvalue weighted by atomic mass is 32.2. The Hall–Kier alpha value is -1.74. The third-order valence-electron chi connectivity index (χ3n) is 2.02. The van der Waals surface area contributed by atoms with E-state index < -0.39 is 9.84 Å². The van der Waals surface area contributed by atoms with Gasteiger partial charge in [0.05, 0.1) is 11.3 Å². The van der Waals surface area contributed by atoms with Gasteiger partial charge in [-0.2, -0.15) is 10.4 Å². The van der Waals surface area contributed by atoms with Crippen molar-refractivity contribution in [1.82, 2.24) is 10.2 Å². The van der Waals surface area contributed by atoms with Crippen molar-refractivity contribution in [3.8, 4) is 6.07 Å². The first kappa shape index (κ1) is 11.3. The second-order valence-corrected chi connectivity index (χ2v) is 4.72. The maximum absolute atomic E-state index is 11.5. The Balaban J connectivity index is 3.68. The van der Waals surface area contributed by atoms with E-state index in [9.17, 15) is 8.42 Å². The molecule has 0 fully saturated rings. The molecule has 0 aliphatic heterocycles. The lowest BCUT2D eigenvalue weighted by Gasteiger charge is -2.04. The molecule has 0 saturated carbocycles. The van der Waals surface area contributed by atoms with Gasteiger partial charge in [0.15, 0.2) is 5.03 Å². The molecule has 0 spiro atoms. The molecule has 1 aromatic heterocycles. The van der Waals surface area contributed by atoms with E-state index in [1.807, 2.05) is 6.07 Å². The van der Waals surface area contributed by atoms with Crippen LogP contribution in [-0.4, -0.2) is 18.6 Å². The van der Waals surface area contributed by atoms with Crippen LogP contribution in [-0.2, 0) is 9.84 Å². The topological polar surface area (TPSA) is 83.7 Å². The van der Waals surface area contributed by atoms with Crippen molar-refractivity contribution in [2.45, 2.75) is 18.9 Å². The molecule has 0 unspecified atom stereocenters. The van der Waals surface area contributed by atoms with Crippen LogP contribution in [0.4, 0.5) is 0 Å². The minimum absolute atomic E-state index is 0.0300. The van der Waals surface area contributed by atoms with E-state index in [4.69, 9.17) is 5.26 Å². The summed E-state index contributed by atoms with van der Waals surface area (Å²) in [5.41, 5.74) is 1.09. The van der Waals surface area contributed by atoms with E-state index in [2.05, 4.69) is 16.8 Å². The zero-order chi connectivity index (χ0) is 11.6. The molecule has 15 heavy (non-hydrogen) atoms. The summed E-state index contributed by atoms with van der Waals surface area (Å²) >= 11 is 0. The summed E-state index contributed by atoms with van der Waals surface area (Å²) < 4.78 is 22.9. The van der Waals surface area contributed by atoms with Crippen LogP contribution >= 0.6 is 0 Å². The first-order valence-electron chi connectivity index (χ1n) is 4.05. The zero-order valence-corrected chi connectivity index (χ0v) is 9.17. The molecule has 0 saturated heterocycles. The predicted octanol–water partition coefficient (Wildman–Crippen LogP) is 0.882. The Morgan fingerprint density at radius 2 is 2.00 bits per heavy atom. The predicted molar refractivity (Wildman–Crippen MR) is 53.6 cm³/mol. The molecule has 0 aliphatic carbocycles.